The van der Waals surface area contributed by atoms with E-state index < -0.39 is 135 Å². The summed E-state index contributed by atoms with van der Waals surface area (Å²) in [4.78, 5) is -2.02. The number of azo groups is 2. The lowest BCUT2D eigenvalue weighted by atomic mass is 10.0. The molecule has 0 spiro atoms. The average Bonchev–Trinajstić information content (AvgIpc) is 3.13. The molecule has 0 bridgehead atoms. The second-order valence-corrected chi connectivity index (χ2v) is 21.4. The molecule has 0 aliphatic heterocycles. The van der Waals surface area contributed by atoms with Gasteiger partial charge < -0.3 is 19.9 Å². The molecule has 0 amide bonds. The molecule has 32 heteroatoms. The first-order valence-electron chi connectivity index (χ1n) is 16.3. The van der Waals surface area contributed by atoms with Crippen LogP contribution in [-0.4, -0.2) is 119 Å². The molecule has 340 valence electrons. The number of anilines is 1. The van der Waals surface area contributed by atoms with E-state index >= 15 is 0 Å². The Morgan fingerprint density at radius 1 is 0.613 bits per heavy atom. The van der Waals surface area contributed by atoms with Gasteiger partial charge in [0.2, 0.25) is 0 Å². The number of nitrogens with zero attached hydrogens (tertiary/aromatic N) is 4. The van der Waals surface area contributed by atoms with E-state index in [1.165, 1.54) is 26.2 Å². The topological polar surface area (TPSA) is 404 Å². The number of hydrogen-bond donors (Lipinski definition) is 6. The Balaban J connectivity index is 1.92. The summed E-state index contributed by atoms with van der Waals surface area (Å²) in [6.45, 7) is -0.692. The van der Waals surface area contributed by atoms with Crippen molar-refractivity contribution in [3.8, 4) is 17.2 Å². The molecule has 0 saturated carbocycles. The Morgan fingerprint density at radius 3 is 1.74 bits per heavy atom. The van der Waals surface area contributed by atoms with Crippen LogP contribution in [0.15, 0.2) is 83.7 Å². The SMILES string of the molecule is COc1ccc(S(=O)(=O)CCOS(=O)(=O)O)cc1N=Nc1c(NCS(=O)(=O)O)ccc2c(OC)c(N=Nc3cc(C)c(S(=O)(=O)CCOS(=O)(=O)O)cc3O)c(S(=O)(=O)O)cc12. The van der Waals surface area contributed by atoms with Crippen LogP contribution in [0.2, 0.25) is 0 Å². The lowest BCUT2D eigenvalue weighted by molar-refractivity contribution is 0.282. The van der Waals surface area contributed by atoms with Crippen LogP contribution in [0.4, 0.5) is 28.4 Å². The van der Waals surface area contributed by atoms with Crippen molar-refractivity contribution >= 4 is 99.9 Å². The van der Waals surface area contributed by atoms with Crippen LogP contribution < -0.4 is 14.8 Å². The van der Waals surface area contributed by atoms with Crippen LogP contribution in [0.25, 0.3) is 10.8 Å². The number of aromatic hydroxyl groups is 1. The number of ether oxygens (including phenoxy) is 2. The van der Waals surface area contributed by atoms with Gasteiger partial charge in [-0.05, 0) is 55.0 Å². The van der Waals surface area contributed by atoms with Crippen molar-refractivity contribution in [1.29, 1.82) is 0 Å². The molecule has 0 aliphatic rings. The van der Waals surface area contributed by atoms with Gasteiger partial charge in [-0.3, -0.25) is 18.2 Å². The van der Waals surface area contributed by atoms with Gasteiger partial charge in [0.25, 0.3) is 20.2 Å². The summed E-state index contributed by atoms with van der Waals surface area (Å²) in [6, 6.07) is 8.02. The molecule has 26 nitrogen and oxygen atoms in total. The van der Waals surface area contributed by atoms with Crippen molar-refractivity contribution in [3.05, 3.63) is 54.1 Å². The van der Waals surface area contributed by atoms with E-state index in [2.05, 4.69) is 34.1 Å². The van der Waals surface area contributed by atoms with Crippen LogP contribution in [0, 0.1) is 6.92 Å². The van der Waals surface area contributed by atoms with Crippen molar-refractivity contribution in [2.24, 2.45) is 20.5 Å². The fraction of sp³-hybridized carbons (Fsp3) is 0.267. The molecule has 4 rings (SSSR count). The molecular weight excluding hydrogens is 959 g/mol. The highest BCUT2D eigenvalue weighted by atomic mass is 32.3. The quantitative estimate of drug-likeness (QED) is 0.0546. The minimum absolute atomic E-state index is 0.0741. The molecule has 6 N–H and O–H groups in total. The van der Waals surface area contributed by atoms with Crippen LogP contribution in [-0.2, 0) is 69.1 Å². The second-order valence-electron chi connectivity index (χ2n) is 12.2. The second kappa shape index (κ2) is 18.8. The number of sulfone groups is 2. The Hall–Kier alpha value is -5.00. The molecule has 0 heterocycles. The standard InChI is InChI=1S/C30H33N5O21S6/c1-17-12-22(24(36)15-26(17)58(39,40)11-9-56-62(50,51)52)32-35-29-27(60(44,45)46)14-20-19(30(29)54-3)5-6-21(31-16-59(41,42)43)28(20)34-33-23-13-18(4-7-25(23)53-2)57(37,38)10-8-55-61(47,48)49/h4-7,12-15,31,36H,8-11,16H2,1-3H3,(H,41,42,43)(H,44,45,46)(H,47,48,49)(H,50,51,52). The number of methoxy groups -OCH3 is 2. The predicted molar refractivity (Wildman–Crippen MR) is 214 cm³/mol. The molecule has 4 aromatic rings. The zero-order chi connectivity index (χ0) is 46.6. The number of rotatable bonds is 20. The van der Waals surface area contributed by atoms with E-state index in [4.69, 9.17) is 18.6 Å². The number of hydrogen-bond acceptors (Lipinski definition) is 22. The third-order valence-electron chi connectivity index (χ3n) is 7.91. The molecule has 4 aromatic carbocycles. The van der Waals surface area contributed by atoms with E-state index in [0.717, 1.165) is 43.5 Å². The Bertz CT molecular complexity index is 3160. The maximum atomic E-state index is 12.9. The molecule has 0 radical (unpaired) electrons. The van der Waals surface area contributed by atoms with Crippen molar-refractivity contribution in [3.63, 3.8) is 0 Å². The molecule has 0 aliphatic carbocycles. The maximum absolute atomic E-state index is 12.9. The summed E-state index contributed by atoms with van der Waals surface area (Å²) in [6.07, 6.45) is 0. The number of aryl methyl sites for hydroxylation is 1. The van der Waals surface area contributed by atoms with Gasteiger partial charge >= 0.3 is 20.8 Å². The summed E-state index contributed by atoms with van der Waals surface area (Å²) in [5, 5.41) is 28.5. The van der Waals surface area contributed by atoms with E-state index in [9.17, 15) is 64.7 Å². The van der Waals surface area contributed by atoms with Crippen molar-refractivity contribution in [1.82, 2.24) is 0 Å². The van der Waals surface area contributed by atoms with Gasteiger partial charge in [-0.1, -0.05) is 0 Å². The molecule has 0 fully saturated rings. The largest absolute Gasteiger partial charge is 0.506 e. The van der Waals surface area contributed by atoms with Crippen molar-refractivity contribution < 1.29 is 91.7 Å². The number of phenols is 1. The number of fused-ring (bicyclic) bond motifs is 1. The minimum atomic E-state index is -5.33. The van der Waals surface area contributed by atoms with Gasteiger partial charge in [0.1, 0.15) is 45.0 Å². The molecule has 62 heavy (non-hydrogen) atoms. The first-order chi connectivity index (χ1) is 28.5. The summed E-state index contributed by atoms with van der Waals surface area (Å²) >= 11 is 0. The van der Waals surface area contributed by atoms with Gasteiger partial charge in [-0.2, -0.15) is 33.7 Å². The summed E-state index contributed by atoms with van der Waals surface area (Å²) < 4.78 is 200. The maximum Gasteiger partial charge on any atom is 0.397 e. The average molecular weight is 992 g/mol. The zero-order valence-electron chi connectivity index (χ0n) is 31.7. The van der Waals surface area contributed by atoms with E-state index in [-0.39, 0.29) is 33.5 Å². The summed E-state index contributed by atoms with van der Waals surface area (Å²) in [7, 11) is -26.5. The highest BCUT2D eigenvalue weighted by molar-refractivity contribution is 7.92. The first-order valence-corrected chi connectivity index (χ1v) is 25.4. The van der Waals surface area contributed by atoms with Gasteiger partial charge in [0, 0.05) is 16.8 Å². The highest BCUT2D eigenvalue weighted by Gasteiger charge is 2.27. The van der Waals surface area contributed by atoms with Crippen LogP contribution in [0.1, 0.15) is 5.56 Å². The number of benzene rings is 4. The van der Waals surface area contributed by atoms with E-state index in [1.54, 1.807) is 0 Å². The third-order valence-corrected chi connectivity index (χ3v) is 13.7. The normalized spacial score (nSPS) is 13.3. The van der Waals surface area contributed by atoms with Gasteiger partial charge in [-0.25, -0.2) is 25.2 Å². The van der Waals surface area contributed by atoms with E-state index in [0.29, 0.717) is 0 Å². The fourth-order valence-corrected chi connectivity index (χ4v) is 9.51. The lowest BCUT2D eigenvalue weighted by Crippen LogP contribution is -2.16. The first kappa shape index (κ1) is 49.7. The van der Waals surface area contributed by atoms with Crippen LogP contribution in [0.3, 0.4) is 0 Å². The highest BCUT2D eigenvalue weighted by Crippen LogP contribution is 2.48. The Kier molecular flexibility index (Phi) is 15.0. The molecular formula is C30H33N5O21S6. The van der Waals surface area contributed by atoms with Gasteiger partial charge in [0.15, 0.2) is 25.4 Å². The van der Waals surface area contributed by atoms with Crippen molar-refractivity contribution in [2.75, 3.05) is 50.1 Å². The van der Waals surface area contributed by atoms with Gasteiger partial charge in [-0.15, -0.1) is 20.5 Å². The molecule has 0 aromatic heterocycles. The zero-order valence-corrected chi connectivity index (χ0v) is 36.6. The monoisotopic (exact) mass is 991 g/mol. The van der Waals surface area contributed by atoms with Crippen LogP contribution >= 0.6 is 0 Å². The minimum Gasteiger partial charge on any atom is -0.506 e. The van der Waals surface area contributed by atoms with E-state index in [1.807, 2.05) is 0 Å². The fourth-order valence-electron chi connectivity index (χ4n) is 5.26. The number of phenolic OH excluding ortho intramolecular Hbond substituents is 1. The van der Waals surface area contributed by atoms with Crippen LogP contribution in [0.5, 0.6) is 17.2 Å². The third kappa shape index (κ3) is 13.0. The lowest BCUT2D eigenvalue weighted by Gasteiger charge is -2.16. The molecule has 0 unspecified atom stereocenters. The number of nitrogens with one attached hydrogen (secondary N) is 1. The van der Waals surface area contributed by atoms with Crippen molar-refractivity contribution in [2.45, 2.75) is 21.6 Å². The van der Waals surface area contributed by atoms with Gasteiger partial charge in [0.05, 0.1) is 54.4 Å². The smallest absolute Gasteiger partial charge is 0.397 e. The molecule has 0 atom stereocenters. The predicted octanol–water partition coefficient (Wildman–Crippen LogP) is 3.39. The Morgan fingerprint density at radius 2 is 1.19 bits per heavy atom. The Labute approximate surface area is 353 Å². The summed E-state index contributed by atoms with van der Waals surface area (Å²) in [5.41, 5.74) is -2.26. The molecule has 0 saturated heterocycles. The summed E-state index contributed by atoms with van der Waals surface area (Å²) in [5.74, 6) is -4.43.